The molecule has 1 aliphatic heterocycles. The highest BCUT2D eigenvalue weighted by atomic mass is 16.5. The molecule has 0 fully saturated rings. The number of anilines is 2. The van der Waals surface area contributed by atoms with Gasteiger partial charge in [0, 0.05) is 11.3 Å². The van der Waals surface area contributed by atoms with Gasteiger partial charge in [-0.2, -0.15) is 0 Å². The van der Waals surface area contributed by atoms with Crippen molar-refractivity contribution in [2.45, 2.75) is 40.2 Å². The lowest BCUT2D eigenvalue weighted by atomic mass is 9.87. The van der Waals surface area contributed by atoms with Crippen LogP contribution in [0.1, 0.15) is 37.5 Å². The zero-order chi connectivity index (χ0) is 19.1. The van der Waals surface area contributed by atoms with E-state index in [1.165, 1.54) is 16.7 Å². The number of amides is 2. The number of methoxy groups -OCH3 is 1. The predicted octanol–water partition coefficient (Wildman–Crippen LogP) is 5.55. The molecule has 4 nitrogen and oxygen atoms in total. The van der Waals surface area contributed by atoms with Gasteiger partial charge in [-0.05, 0) is 87.7 Å². The number of fused-ring (bicyclic) bond motifs is 1. The number of nitrogens with zero attached hydrogens (tertiary/aromatic N) is 1. The van der Waals surface area contributed by atoms with Crippen LogP contribution < -0.4 is 15.0 Å². The fourth-order valence-electron chi connectivity index (χ4n) is 3.51. The molecule has 0 saturated carbocycles. The molecule has 26 heavy (non-hydrogen) atoms. The zero-order valence-electron chi connectivity index (χ0n) is 16.3. The van der Waals surface area contributed by atoms with E-state index in [1.54, 1.807) is 7.11 Å². The molecule has 2 aromatic rings. The minimum atomic E-state index is -0.421. The second-order valence-corrected chi connectivity index (χ2v) is 7.43. The summed E-state index contributed by atoms with van der Waals surface area (Å²) in [6.45, 7) is 10.4. The minimum absolute atomic E-state index is 0.145. The van der Waals surface area contributed by atoms with Crippen molar-refractivity contribution in [2.75, 3.05) is 17.3 Å². The highest BCUT2D eigenvalue weighted by molar-refractivity contribution is 6.06. The van der Waals surface area contributed by atoms with Gasteiger partial charge >= 0.3 is 6.03 Å². The summed E-state index contributed by atoms with van der Waals surface area (Å²) < 4.78 is 5.18. The lowest BCUT2D eigenvalue weighted by Gasteiger charge is -2.41. The minimum Gasteiger partial charge on any atom is -0.497 e. The number of ether oxygens (including phenoxy) is 1. The number of carbonyl (C=O) groups excluding carboxylic acids is 1. The van der Waals surface area contributed by atoms with Crippen molar-refractivity contribution in [3.05, 3.63) is 59.2 Å². The molecule has 1 aliphatic rings. The first-order valence-electron chi connectivity index (χ1n) is 8.79. The fourth-order valence-corrected chi connectivity index (χ4v) is 3.51. The lowest BCUT2D eigenvalue weighted by Crippen LogP contribution is -2.50. The number of urea groups is 1. The van der Waals surface area contributed by atoms with Crippen LogP contribution in [-0.2, 0) is 0 Å². The summed E-state index contributed by atoms with van der Waals surface area (Å²) in [5, 5.41) is 3.01. The largest absolute Gasteiger partial charge is 0.497 e. The molecular formula is C22H26N2O2. The molecular weight excluding hydrogens is 324 g/mol. The van der Waals surface area contributed by atoms with Gasteiger partial charge in [0.15, 0.2) is 0 Å². The number of aryl methyl sites for hydroxylation is 2. The molecule has 1 N–H and O–H groups in total. The van der Waals surface area contributed by atoms with Crippen LogP contribution in [0.4, 0.5) is 16.2 Å². The van der Waals surface area contributed by atoms with E-state index >= 15 is 0 Å². The first-order valence-corrected chi connectivity index (χ1v) is 8.79. The third kappa shape index (κ3) is 3.19. The topological polar surface area (TPSA) is 41.6 Å². The van der Waals surface area contributed by atoms with Gasteiger partial charge in [0.1, 0.15) is 5.75 Å². The monoisotopic (exact) mass is 350 g/mol. The smallest absolute Gasteiger partial charge is 0.327 e. The van der Waals surface area contributed by atoms with Crippen LogP contribution in [0.15, 0.2) is 42.5 Å². The molecule has 2 aromatic carbocycles. The van der Waals surface area contributed by atoms with Crippen LogP contribution in [0.2, 0.25) is 0 Å². The molecule has 0 aromatic heterocycles. The van der Waals surface area contributed by atoms with Gasteiger partial charge in [-0.1, -0.05) is 6.08 Å². The molecule has 1 heterocycles. The van der Waals surface area contributed by atoms with E-state index in [-0.39, 0.29) is 6.03 Å². The van der Waals surface area contributed by atoms with Gasteiger partial charge in [-0.3, -0.25) is 4.90 Å². The number of nitrogens with one attached hydrogen (secondary N) is 1. The molecule has 0 saturated heterocycles. The van der Waals surface area contributed by atoms with E-state index in [9.17, 15) is 4.79 Å². The van der Waals surface area contributed by atoms with Crippen molar-refractivity contribution in [1.29, 1.82) is 0 Å². The number of benzene rings is 2. The molecule has 0 radical (unpaired) electrons. The van der Waals surface area contributed by atoms with Gasteiger partial charge in [-0.15, -0.1) is 0 Å². The van der Waals surface area contributed by atoms with Crippen molar-refractivity contribution in [1.82, 2.24) is 0 Å². The Balaban J connectivity index is 1.99. The highest BCUT2D eigenvalue weighted by Gasteiger charge is 2.36. The second-order valence-electron chi connectivity index (χ2n) is 7.43. The van der Waals surface area contributed by atoms with Gasteiger partial charge in [0.05, 0.1) is 18.3 Å². The summed E-state index contributed by atoms with van der Waals surface area (Å²) in [4.78, 5) is 15.0. The van der Waals surface area contributed by atoms with Gasteiger partial charge < -0.3 is 10.1 Å². The first kappa shape index (κ1) is 18.1. The maximum Gasteiger partial charge on any atom is 0.327 e. The maximum absolute atomic E-state index is 13.2. The van der Waals surface area contributed by atoms with Crippen LogP contribution in [0, 0.1) is 13.8 Å². The van der Waals surface area contributed by atoms with Crippen LogP contribution >= 0.6 is 0 Å². The summed E-state index contributed by atoms with van der Waals surface area (Å²) in [6.07, 6.45) is 2.15. The van der Waals surface area contributed by atoms with E-state index in [0.29, 0.717) is 0 Å². The van der Waals surface area contributed by atoms with Crippen molar-refractivity contribution in [3.63, 3.8) is 0 Å². The molecule has 2 amide bonds. The zero-order valence-corrected chi connectivity index (χ0v) is 16.3. The van der Waals surface area contributed by atoms with Crippen molar-refractivity contribution in [3.8, 4) is 5.75 Å². The third-order valence-corrected chi connectivity index (χ3v) is 4.97. The summed E-state index contributed by atoms with van der Waals surface area (Å²) in [5.41, 5.74) is 5.98. The Morgan fingerprint density at radius 1 is 1.04 bits per heavy atom. The number of hydrogen-bond acceptors (Lipinski definition) is 2. The Bertz CT molecular complexity index is 880. The first-order chi connectivity index (χ1) is 12.2. The van der Waals surface area contributed by atoms with Crippen LogP contribution in [-0.4, -0.2) is 18.7 Å². The molecule has 136 valence electrons. The van der Waals surface area contributed by atoms with E-state index in [4.69, 9.17) is 4.74 Å². The number of rotatable bonds is 2. The average molecular weight is 350 g/mol. The van der Waals surface area contributed by atoms with Crippen LogP contribution in [0.3, 0.4) is 0 Å². The highest BCUT2D eigenvalue weighted by Crippen LogP contribution is 2.40. The van der Waals surface area contributed by atoms with Gasteiger partial charge in [0.2, 0.25) is 0 Å². The Labute approximate surface area is 155 Å². The summed E-state index contributed by atoms with van der Waals surface area (Å²) in [6, 6.07) is 11.5. The summed E-state index contributed by atoms with van der Waals surface area (Å²) >= 11 is 0. The molecule has 0 bridgehead atoms. The second kappa shape index (κ2) is 6.52. The SMILES string of the molecule is COc1ccc(NC(=O)N2c3cc(C)c(C)cc3C(C)=CC2(C)C)cc1. The molecule has 0 atom stereocenters. The van der Waals surface area contributed by atoms with Crippen LogP contribution in [0.5, 0.6) is 5.75 Å². The standard InChI is InChI=1S/C22H26N2O2/c1-14-11-19-16(3)13-22(4,5)24(20(19)12-15(14)2)21(25)23-17-7-9-18(26-6)10-8-17/h7-13H,1-6H3,(H,23,25). The summed E-state index contributed by atoms with van der Waals surface area (Å²) in [7, 11) is 1.62. The average Bonchev–Trinajstić information content (AvgIpc) is 2.57. The maximum atomic E-state index is 13.2. The quantitative estimate of drug-likeness (QED) is 0.772. The van der Waals surface area contributed by atoms with E-state index in [0.717, 1.165) is 22.7 Å². The normalized spacial score (nSPS) is 15.2. The Kier molecular flexibility index (Phi) is 4.53. The van der Waals surface area contributed by atoms with Gasteiger partial charge in [0.25, 0.3) is 0 Å². The number of hydrogen-bond donors (Lipinski definition) is 1. The molecule has 0 unspecified atom stereocenters. The van der Waals surface area contributed by atoms with Gasteiger partial charge in [-0.25, -0.2) is 4.79 Å². The van der Waals surface area contributed by atoms with Crippen molar-refractivity contribution in [2.24, 2.45) is 0 Å². The Hall–Kier alpha value is -2.75. The third-order valence-electron chi connectivity index (χ3n) is 4.97. The van der Waals surface area contributed by atoms with Crippen LogP contribution in [0.25, 0.3) is 5.57 Å². The Morgan fingerprint density at radius 2 is 1.65 bits per heavy atom. The molecule has 0 aliphatic carbocycles. The van der Waals surface area contributed by atoms with E-state index in [1.807, 2.05) is 29.2 Å². The predicted molar refractivity (Wildman–Crippen MR) is 108 cm³/mol. The molecule has 3 rings (SSSR count). The number of carbonyl (C=O) groups is 1. The lowest BCUT2D eigenvalue weighted by molar-refractivity contribution is 0.253. The molecule has 4 heteroatoms. The van der Waals surface area contributed by atoms with E-state index in [2.05, 4.69) is 58.1 Å². The molecule has 0 spiro atoms. The van der Waals surface area contributed by atoms with E-state index < -0.39 is 5.54 Å². The fraction of sp³-hybridized carbons (Fsp3) is 0.318. The van der Waals surface area contributed by atoms with Crippen molar-refractivity contribution < 1.29 is 9.53 Å². The number of allylic oxidation sites excluding steroid dienone is 1. The summed E-state index contributed by atoms with van der Waals surface area (Å²) in [5.74, 6) is 0.760. The Morgan fingerprint density at radius 3 is 2.27 bits per heavy atom. The van der Waals surface area contributed by atoms with Crippen molar-refractivity contribution >= 4 is 23.0 Å².